The molecule has 0 aliphatic carbocycles. The van der Waals surface area contributed by atoms with Crippen molar-refractivity contribution in [3.8, 4) is 17.1 Å². The zero-order chi connectivity index (χ0) is 20.9. The van der Waals surface area contributed by atoms with E-state index in [1.165, 1.54) is 12.1 Å². The van der Waals surface area contributed by atoms with E-state index in [2.05, 4.69) is 15.2 Å². The fraction of sp³-hybridized carbons (Fsp3) is 0.273. The molecular formula is C22H22N4O4. The molecule has 1 aromatic heterocycles. The Labute approximate surface area is 173 Å². The van der Waals surface area contributed by atoms with Gasteiger partial charge in [-0.3, -0.25) is 9.89 Å². The summed E-state index contributed by atoms with van der Waals surface area (Å²) in [6.07, 6.45) is 2.69. The van der Waals surface area contributed by atoms with Crippen LogP contribution in [0.2, 0.25) is 0 Å². The van der Waals surface area contributed by atoms with Crippen molar-refractivity contribution < 1.29 is 19.4 Å². The molecule has 1 saturated heterocycles. The molecular weight excluding hydrogens is 384 g/mol. The minimum absolute atomic E-state index is 0.0395. The number of aromatic amines is 1. The van der Waals surface area contributed by atoms with Crippen molar-refractivity contribution in [3.05, 3.63) is 66.0 Å². The molecule has 0 saturated carbocycles. The molecule has 4 rings (SSSR count). The summed E-state index contributed by atoms with van der Waals surface area (Å²) in [5.74, 6) is 0.550. The lowest BCUT2D eigenvalue weighted by molar-refractivity contribution is -0.137. The third kappa shape index (κ3) is 4.32. The molecule has 1 aliphatic rings. The monoisotopic (exact) mass is 406 g/mol. The maximum Gasteiger partial charge on any atom is 0.335 e. The molecule has 2 heterocycles. The molecule has 1 unspecified atom stereocenters. The van der Waals surface area contributed by atoms with Gasteiger partial charge in [0.1, 0.15) is 11.6 Å². The number of amides is 1. The first-order valence-electron chi connectivity index (χ1n) is 9.85. The van der Waals surface area contributed by atoms with Crippen LogP contribution in [0.15, 0.2) is 54.6 Å². The number of benzene rings is 2. The Morgan fingerprint density at radius 3 is 2.77 bits per heavy atom. The average Bonchev–Trinajstić information content (AvgIpc) is 3.28. The van der Waals surface area contributed by atoms with Gasteiger partial charge in [0.15, 0.2) is 12.4 Å². The molecule has 8 heteroatoms. The molecule has 30 heavy (non-hydrogen) atoms. The number of hydrogen-bond acceptors (Lipinski definition) is 5. The molecule has 8 nitrogen and oxygen atoms in total. The number of nitrogens with one attached hydrogen (secondary N) is 1. The van der Waals surface area contributed by atoms with E-state index in [4.69, 9.17) is 4.74 Å². The van der Waals surface area contributed by atoms with Crippen LogP contribution >= 0.6 is 0 Å². The van der Waals surface area contributed by atoms with Crippen LogP contribution in [0, 0.1) is 0 Å². The van der Waals surface area contributed by atoms with Gasteiger partial charge in [0.25, 0.3) is 5.91 Å². The molecule has 154 valence electrons. The number of carboxylic acid groups (broad SMARTS) is 1. The largest absolute Gasteiger partial charge is 0.484 e. The number of H-pyrrole nitrogens is 1. The second kappa shape index (κ2) is 8.77. The summed E-state index contributed by atoms with van der Waals surface area (Å²) in [5.41, 5.74) is 0.782. The van der Waals surface area contributed by atoms with E-state index in [0.717, 1.165) is 19.3 Å². The van der Waals surface area contributed by atoms with Crippen molar-refractivity contribution in [1.29, 1.82) is 0 Å². The summed E-state index contributed by atoms with van der Waals surface area (Å²) in [7, 11) is 0. The van der Waals surface area contributed by atoms with Crippen molar-refractivity contribution in [2.24, 2.45) is 0 Å². The number of nitrogens with zero attached hydrogens (tertiary/aromatic N) is 3. The van der Waals surface area contributed by atoms with Gasteiger partial charge in [-0.05, 0) is 43.5 Å². The first kappa shape index (κ1) is 19.6. The first-order chi connectivity index (χ1) is 14.6. The highest BCUT2D eigenvalue weighted by molar-refractivity contribution is 5.89. The van der Waals surface area contributed by atoms with Gasteiger partial charge < -0.3 is 14.7 Å². The second-order valence-corrected chi connectivity index (χ2v) is 7.13. The zero-order valence-corrected chi connectivity index (χ0v) is 16.3. The standard InChI is InChI=1S/C22H22N4O4/c27-19(14-30-17-9-2-1-3-10-17)26-12-5-4-11-18(26)21-23-20(24-25-21)15-7-6-8-16(13-15)22(28)29/h1-3,6-10,13,18H,4-5,11-12,14H2,(H,28,29)(H,23,24,25). The third-order valence-corrected chi connectivity index (χ3v) is 5.11. The molecule has 0 bridgehead atoms. The lowest BCUT2D eigenvalue weighted by Gasteiger charge is -2.34. The lowest BCUT2D eigenvalue weighted by Crippen LogP contribution is -2.41. The Hall–Kier alpha value is -3.68. The predicted molar refractivity (Wildman–Crippen MR) is 109 cm³/mol. The maximum atomic E-state index is 12.8. The van der Waals surface area contributed by atoms with E-state index in [1.807, 2.05) is 30.3 Å². The first-order valence-corrected chi connectivity index (χ1v) is 9.85. The Kier molecular flexibility index (Phi) is 5.74. The Bertz CT molecular complexity index is 1030. The molecule has 1 aliphatic heterocycles. The van der Waals surface area contributed by atoms with Crippen molar-refractivity contribution in [2.75, 3.05) is 13.2 Å². The number of ether oxygens (including phenoxy) is 1. The number of aromatic nitrogens is 3. The number of carbonyl (C=O) groups excluding carboxylic acids is 1. The summed E-state index contributed by atoms with van der Waals surface area (Å²) in [6, 6.07) is 15.5. The Morgan fingerprint density at radius 1 is 1.13 bits per heavy atom. The Morgan fingerprint density at radius 2 is 1.97 bits per heavy atom. The SMILES string of the molecule is O=C(O)c1cccc(-c2n[nH]c(C3CCCCN3C(=O)COc3ccccc3)n2)c1. The van der Waals surface area contributed by atoms with Crippen LogP contribution in [0.25, 0.3) is 11.4 Å². The van der Waals surface area contributed by atoms with Gasteiger partial charge in [-0.1, -0.05) is 30.3 Å². The summed E-state index contributed by atoms with van der Waals surface area (Å²) >= 11 is 0. The average molecular weight is 406 g/mol. The summed E-state index contributed by atoms with van der Waals surface area (Å²) < 4.78 is 5.62. The molecule has 3 aromatic rings. The number of aromatic carboxylic acids is 1. The molecule has 2 N–H and O–H groups in total. The zero-order valence-electron chi connectivity index (χ0n) is 16.3. The van der Waals surface area contributed by atoms with E-state index >= 15 is 0 Å². The van der Waals surface area contributed by atoms with Gasteiger partial charge >= 0.3 is 5.97 Å². The Balaban J connectivity index is 1.50. The maximum absolute atomic E-state index is 12.8. The highest BCUT2D eigenvalue weighted by atomic mass is 16.5. The van der Waals surface area contributed by atoms with Crippen LogP contribution in [0.3, 0.4) is 0 Å². The molecule has 0 spiro atoms. The number of likely N-dealkylation sites (tertiary alicyclic amines) is 1. The van der Waals surface area contributed by atoms with Gasteiger partial charge in [0, 0.05) is 12.1 Å². The van der Waals surface area contributed by atoms with Crippen LogP contribution in [0.5, 0.6) is 5.75 Å². The summed E-state index contributed by atoms with van der Waals surface area (Å²) in [5, 5.41) is 16.4. The van der Waals surface area contributed by atoms with Crippen LogP contribution in [0.1, 0.15) is 41.5 Å². The fourth-order valence-electron chi connectivity index (χ4n) is 3.60. The van der Waals surface area contributed by atoms with Crippen molar-refractivity contribution in [1.82, 2.24) is 20.1 Å². The van der Waals surface area contributed by atoms with E-state index < -0.39 is 5.97 Å². The minimum Gasteiger partial charge on any atom is -0.484 e. The normalized spacial score (nSPS) is 16.3. The quantitative estimate of drug-likeness (QED) is 0.650. The highest BCUT2D eigenvalue weighted by Gasteiger charge is 2.30. The topological polar surface area (TPSA) is 108 Å². The van der Waals surface area contributed by atoms with Crippen LogP contribution < -0.4 is 4.74 Å². The predicted octanol–water partition coefficient (Wildman–Crippen LogP) is 3.30. The van der Waals surface area contributed by atoms with Gasteiger partial charge in [-0.25, -0.2) is 9.78 Å². The molecule has 1 atom stereocenters. The summed E-state index contributed by atoms with van der Waals surface area (Å²) in [6.45, 7) is 0.592. The van der Waals surface area contributed by atoms with E-state index in [0.29, 0.717) is 29.5 Å². The third-order valence-electron chi connectivity index (χ3n) is 5.11. The molecule has 1 fully saturated rings. The van der Waals surface area contributed by atoms with Gasteiger partial charge in [-0.15, -0.1) is 0 Å². The lowest BCUT2D eigenvalue weighted by atomic mass is 10.0. The number of rotatable bonds is 6. The van der Waals surface area contributed by atoms with Gasteiger partial charge in [-0.2, -0.15) is 5.10 Å². The fourth-order valence-corrected chi connectivity index (χ4v) is 3.60. The van der Waals surface area contributed by atoms with Crippen molar-refractivity contribution >= 4 is 11.9 Å². The van der Waals surface area contributed by atoms with E-state index in [1.54, 1.807) is 17.0 Å². The highest BCUT2D eigenvalue weighted by Crippen LogP contribution is 2.30. The van der Waals surface area contributed by atoms with E-state index in [9.17, 15) is 14.7 Å². The molecule has 1 amide bonds. The van der Waals surface area contributed by atoms with Gasteiger partial charge in [0.05, 0.1) is 11.6 Å². The van der Waals surface area contributed by atoms with Crippen LogP contribution in [0.4, 0.5) is 0 Å². The van der Waals surface area contributed by atoms with Gasteiger partial charge in [0.2, 0.25) is 0 Å². The number of para-hydroxylation sites is 1. The van der Waals surface area contributed by atoms with E-state index in [-0.39, 0.29) is 24.1 Å². The molecule has 0 radical (unpaired) electrons. The number of carboxylic acids is 1. The number of hydrogen-bond donors (Lipinski definition) is 2. The number of carbonyl (C=O) groups is 2. The smallest absolute Gasteiger partial charge is 0.335 e. The van der Waals surface area contributed by atoms with Crippen LogP contribution in [-0.4, -0.2) is 50.2 Å². The minimum atomic E-state index is -1.00. The summed E-state index contributed by atoms with van der Waals surface area (Å²) in [4.78, 5) is 30.4. The van der Waals surface area contributed by atoms with Crippen LogP contribution in [-0.2, 0) is 4.79 Å². The van der Waals surface area contributed by atoms with Crippen molar-refractivity contribution in [3.63, 3.8) is 0 Å². The van der Waals surface area contributed by atoms with Crippen molar-refractivity contribution in [2.45, 2.75) is 25.3 Å². The molecule has 2 aromatic carbocycles. The number of piperidine rings is 1. The second-order valence-electron chi connectivity index (χ2n) is 7.13.